The van der Waals surface area contributed by atoms with E-state index in [9.17, 15) is 4.79 Å². The van der Waals surface area contributed by atoms with E-state index < -0.39 is 0 Å². The number of hydrogen-bond acceptors (Lipinski definition) is 4. The number of rotatable bonds is 4. The third-order valence-electron chi connectivity index (χ3n) is 5.07. The summed E-state index contributed by atoms with van der Waals surface area (Å²) >= 11 is 0. The molecule has 0 spiro atoms. The number of carbonyl (C=O) groups is 1. The van der Waals surface area contributed by atoms with Gasteiger partial charge in [-0.05, 0) is 61.7 Å². The predicted molar refractivity (Wildman–Crippen MR) is 108 cm³/mol. The monoisotopic (exact) mass is 363 g/mol. The van der Waals surface area contributed by atoms with E-state index in [0.29, 0.717) is 12.3 Å². The Morgan fingerprint density at radius 3 is 2.93 bits per heavy atom. The fraction of sp³-hybridized carbons (Fsp3) is 0.333. The maximum atomic E-state index is 11.2. The lowest BCUT2D eigenvalue weighted by molar-refractivity contribution is -0.118. The summed E-state index contributed by atoms with van der Waals surface area (Å²) < 4.78 is 0. The topological polar surface area (TPSA) is 81.8 Å². The van der Waals surface area contributed by atoms with Crippen LogP contribution in [-0.4, -0.2) is 29.0 Å². The van der Waals surface area contributed by atoms with Gasteiger partial charge >= 0.3 is 0 Å². The number of fused-ring (bicyclic) bond motifs is 1. The third kappa shape index (κ3) is 4.11. The summed E-state index contributed by atoms with van der Waals surface area (Å²) in [6.07, 6.45) is 13.0. The van der Waals surface area contributed by atoms with Gasteiger partial charge < -0.3 is 20.9 Å². The molecule has 0 bridgehead atoms. The van der Waals surface area contributed by atoms with Crippen LogP contribution in [0.3, 0.4) is 0 Å². The second-order valence-electron chi connectivity index (χ2n) is 7.08. The number of allylic oxidation sites excluding steroid dienone is 4. The standard InChI is InChI=1S/C21H25N5O/c1-14(27)24-16-3-2-4-17(6-5-16)25-20-8-7-18-19(13-23-21(18)26-20)15-9-11-22-12-10-15/h2-5,7-8,13,15,22H,6,9-12H2,1H3,(H,24,27)(H2,23,25,26). The van der Waals surface area contributed by atoms with Crippen molar-refractivity contribution in [2.75, 3.05) is 18.4 Å². The highest BCUT2D eigenvalue weighted by atomic mass is 16.1. The molecule has 4 rings (SSSR count). The van der Waals surface area contributed by atoms with Gasteiger partial charge in [-0.15, -0.1) is 0 Å². The van der Waals surface area contributed by atoms with E-state index in [1.807, 2.05) is 30.4 Å². The van der Waals surface area contributed by atoms with Crippen LogP contribution in [0.5, 0.6) is 0 Å². The van der Waals surface area contributed by atoms with E-state index in [4.69, 9.17) is 4.98 Å². The van der Waals surface area contributed by atoms with Gasteiger partial charge in [-0.3, -0.25) is 4.79 Å². The number of pyridine rings is 1. The Bertz CT molecular complexity index is 931. The number of carbonyl (C=O) groups excluding carboxylic acids is 1. The zero-order valence-electron chi connectivity index (χ0n) is 15.5. The summed E-state index contributed by atoms with van der Waals surface area (Å²) in [4.78, 5) is 19.3. The van der Waals surface area contributed by atoms with Crippen LogP contribution in [0, 0.1) is 0 Å². The van der Waals surface area contributed by atoms with E-state index in [1.165, 1.54) is 30.7 Å². The van der Waals surface area contributed by atoms with Crippen LogP contribution in [0.4, 0.5) is 5.82 Å². The summed E-state index contributed by atoms with van der Waals surface area (Å²) in [6.45, 7) is 3.68. The molecular formula is C21H25N5O. The first kappa shape index (κ1) is 17.5. The van der Waals surface area contributed by atoms with Crippen molar-refractivity contribution >= 4 is 22.8 Å². The fourth-order valence-electron chi connectivity index (χ4n) is 3.74. The van der Waals surface area contributed by atoms with Gasteiger partial charge in [-0.25, -0.2) is 4.98 Å². The smallest absolute Gasteiger partial charge is 0.221 e. The Labute approximate surface area is 158 Å². The Morgan fingerprint density at radius 2 is 2.11 bits per heavy atom. The maximum Gasteiger partial charge on any atom is 0.221 e. The van der Waals surface area contributed by atoms with Crippen molar-refractivity contribution in [3.8, 4) is 0 Å². The van der Waals surface area contributed by atoms with Crippen molar-refractivity contribution in [2.45, 2.75) is 32.1 Å². The van der Waals surface area contributed by atoms with Gasteiger partial charge in [0.05, 0.1) is 0 Å². The lowest BCUT2D eigenvalue weighted by atomic mass is 9.90. The van der Waals surface area contributed by atoms with E-state index in [1.54, 1.807) is 0 Å². The summed E-state index contributed by atoms with van der Waals surface area (Å²) in [5.41, 5.74) is 4.15. The van der Waals surface area contributed by atoms with Crippen LogP contribution < -0.4 is 16.0 Å². The van der Waals surface area contributed by atoms with Gasteiger partial charge in [-0.2, -0.15) is 0 Å². The number of nitrogens with one attached hydrogen (secondary N) is 4. The van der Waals surface area contributed by atoms with Gasteiger partial charge in [-0.1, -0.05) is 12.2 Å². The number of H-pyrrole nitrogens is 1. The Kier molecular flexibility index (Phi) is 5.07. The molecule has 2 aromatic rings. The highest BCUT2D eigenvalue weighted by Gasteiger charge is 2.19. The number of piperidine rings is 1. The number of aromatic amines is 1. The van der Waals surface area contributed by atoms with Gasteiger partial charge in [0.25, 0.3) is 0 Å². The number of nitrogens with zero attached hydrogens (tertiary/aromatic N) is 1. The number of amides is 1. The first-order valence-electron chi connectivity index (χ1n) is 9.50. The van der Waals surface area contributed by atoms with Crippen molar-refractivity contribution < 1.29 is 4.79 Å². The molecule has 3 heterocycles. The highest BCUT2D eigenvalue weighted by Crippen LogP contribution is 2.31. The normalized spacial score (nSPS) is 18.0. The molecule has 2 aromatic heterocycles. The molecule has 0 aromatic carbocycles. The molecule has 1 aliphatic carbocycles. The van der Waals surface area contributed by atoms with Crippen molar-refractivity contribution in [1.29, 1.82) is 0 Å². The average molecular weight is 363 g/mol. The molecule has 0 unspecified atom stereocenters. The molecule has 2 aliphatic rings. The summed E-state index contributed by atoms with van der Waals surface area (Å²) in [6, 6.07) is 4.19. The molecular weight excluding hydrogens is 338 g/mol. The Balaban J connectivity index is 1.48. The quantitative estimate of drug-likeness (QED) is 0.672. The van der Waals surface area contributed by atoms with Crippen molar-refractivity contribution in [3.05, 3.63) is 59.6 Å². The van der Waals surface area contributed by atoms with Crippen LogP contribution in [0.25, 0.3) is 11.0 Å². The zero-order valence-corrected chi connectivity index (χ0v) is 15.5. The minimum absolute atomic E-state index is 0.0641. The van der Waals surface area contributed by atoms with Gasteiger partial charge in [0.2, 0.25) is 5.91 Å². The highest BCUT2D eigenvalue weighted by molar-refractivity contribution is 5.82. The lowest BCUT2D eigenvalue weighted by Gasteiger charge is -2.22. The van der Waals surface area contributed by atoms with Crippen LogP contribution in [0.1, 0.15) is 37.7 Å². The molecule has 4 N–H and O–H groups in total. The van der Waals surface area contributed by atoms with Crippen LogP contribution >= 0.6 is 0 Å². The lowest BCUT2D eigenvalue weighted by Crippen LogP contribution is -2.26. The average Bonchev–Trinajstić information content (AvgIpc) is 2.97. The molecule has 0 radical (unpaired) electrons. The molecule has 1 aliphatic heterocycles. The van der Waals surface area contributed by atoms with Crippen LogP contribution in [0.2, 0.25) is 0 Å². The predicted octanol–water partition coefficient (Wildman–Crippen LogP) is 3.31. The van der Waals surface area contributed by atoms with Gasteiger partial charge in [0, 0.05) is 36.3 Å². The van der Waals surface area contributed by atoms with Gasteiger partial charge in [0.1, 0.15) is 11.5 Å². The molecule has 1 amide bonds. The first-order valence-corrected chi connectivity index (χ1v) is 9.50. The number of anilines is 1. The molecule has 1 fully saturated rings. The Morgan fingerprint density at radius 1 is 1.26 bits per heavy atom. The molecule has 0 saturated carbocycles. The molecule has 0 atom stereocenters. The summed E-state index contributed by atoms with van der Waals surface area (Å²) in [7, 11) is 0. The fourth-order valence-corrected chi connectivity index (χ4v) is 3.74. The van der Waals surface area contributed by atoms with Crippen LogP contribution in [0.15, 0.2) is 54.0 Å². The first-order chi connectivity index (χ1) is 13.2. The van der Waals surface area contributed by atoms with E-state index >= 15 is 0 Å². The molecule has 27 heavy (non-hydrogen) atoms. The molecule has 6 heteroatoms. The largest absolute Gasteiger partial charge is 0.346 e. The van der Waals surface area contributed by atoms with E-state index in [2.05, 4.69) is 33.2 Å². The van der Waals surface area contributed by atoms with Gasteiger partial charge in [0.15, 0.2) is 0 Å². The molecule has 6 nitrogen and oxygen atoms in total. The third-order valence-corrected chi connectivity index (χ3v) is 5.07. The van der Waals surface area contributed by atoms with E-state index in [-0.39, 0.29) is 5.91 Å². The van der Waals surface area contributed by atoms with Crippen molar-refractivity contribution in [1.82, 2.24) is 20.6 Å². The van der Waals surface area contributed by atoms with E-state index in [0.717, 1.165) is 35.9 Å². The maximum absolute atomic E-state index is 11.2. The zero-order chi connectivity index (χ0) is 18.6. The molecule has 140 valence electrons. The minimum Gasteiger partial charge on any atom is -0.346 e. The summed E-state index contributed by atoms with van der Waals surface area (Å²) in [5, 5.41) is 10.8. The minimum atomic E-state index is -0.0641. The SMILES string of the molecule is CC(=O)NC1=CCC(Nc2ccc3c(C4CCNCC4)c[nH]c3n2)=CC=C1. The van der Waals surface area contributed by atoms with Crippen molar-refractivity contribution in [3.63, 3.8) is 0 Å². The number of aromatic nitrogens is 2. The molecule has 1 saturated heterocycles. The van der Waals surface area contributed by atoms with Crippen molar-refractivity contribution in [2.24, 2.45) is 0 Å². The second kappa shape index (κ2) is 7.80. The second-order valence-corrected chi connectivity index (χ2v) is 7.08. The summed E-state index contributed by atoms with van der Waals surface area (Å²) in [5.74, 6) is 1.36. The number of hydrogen-bond donors (Lipinski definition) is 4. The Hall–Kier alpha value is -2.86. The van der Waals surface area contributed by atoms with Crippen LogP contribution in [-0.2, 0) is 4.79 Å².